The van der Waals surface area contributed by atoms with Crippen molar-refractivity contribution in [2.45, 2.75) is 0 Å². The van der Waals surface area contributed by atoms with E-state index >= 15 is 0 Å². The quantitative estimate of drug-likeness (QED) is 0.807. The maximum Gasteiger partial charge on any atom is 0.255 e. The minimum atomic E-state index is -0.487. The number of nitrogens with one attached hydrogen (secondary N) is 1. The van der Waals surface area contributed by atoms with Crippen molar-refractivity contribution in [1.29, 1.82) is 0 Å². The highest BCUT2D eigenvalue weighted by Crippen LogP contribution is 2.32. The van der Waals surface area contributed by atoms with Crippen molar-refractivity contribution >= 4 is 44.8 Å². The molecule has 0 heterocycles. The number of nitrogen functional groups attached to an aromatic ring is 1. The van der Waals surface area contributed by atoms with Crippen LogP contribution in [-0.2, 0) is 0 Å². The molecular formula is C13H9BrClFN2O. The van der Waals surface area contributed by atoms with Gasteiger partial charge in [0.2, 0.25) is 0 Å². The average molecular weight is 344 g/mol. The van der Waals surface area contributed by atoms with Crippen molar-refractivity contribution in [2.24, 2.45) is 0 Å². The Morgan fingerprint density at radius 1 is 1.32 bits per heavy atom. The van der Waals surface area contributed by atoms with Crippen LogP contribution in [0, 0.1) is 5.82 Å². The van der Waals surface area contributed by atoms with E-state index in [1.807, 2.05) is 0 Å². The summed E-state index contributed by atoms with van der Waals surface area (Å²) in [6.45, 7) is 0. The lowest BCUT2D eigenvalue weighted by Gasteiger charge is -2.10. The van der Waals surface area contributed by atoms with Crippen LogP contribution in [0.15, 0.2) is 40.9 Å². The molecule has 0 aliphatic heterocycles. The summed E-state index contributed by atoms with van der Waals surface area (Å²) in [6, 6.07) is 8.86. The fourth-order valence-corrected chi connectivity index (χ4v) is 2.43. The van der Waals surface area contributed by atoms with E-state index in [1.165, 1.54) is 6.07 Å². The summed E-state index contributed by atoms with van der Waals surface area (Å²) >= 11 is 9.04. The highest BCUT2D eigenvalue weighted by Gasteiger charge is 2.13. The van der Waals surface area contributed by atoms with Crippen LogP contribution in [-0.4, -0.2) is 5.91 Å². The Bertz CT molecular complexity index is 625. The number of carbonyl (C=O) groups excluding carboxylic acids is 1. The van der Waals surface area contributed by atoms with Crippen LogP contribution in [0.4, 0.5) is 15.8 Å². The number of rotatable bonds is 2. The monoisotopic (exact) mass is 342 g/mol. The maximum absolute atomic E-state index is 13.1. The van der Waals surface area contributed by atoms with Crippen LogP contribution in [0.3, 0.4) is 0 Å². The van der Waals surface area contributed by atoms with Gasteiger partial charge in [0.05, 0.1) is 10.7 Å². The molecule has 2 rings (SSSR count). The zero-order chi connectivity index (χ0) is 14.0. The SMILES string of the molecule is Nc1cccc(C(=O)Nc2c(Cl)cc(F)cc2Br)c1. The number of hydrogen-bond donors (Lipinski definition) is 2. The summed E-state index contributed by atoms with van der Waals surface area (Å²) in [7, 11) is 0. The van der Waals surface area contributed by atoms with E-state index in [9.17, 15) is 9.18 Å². The van der Waals surface area contributed by atoms with E-state index in [-0.39, 0.29) is 10.9 Å². The van der Waals surface area contributed by atoms with Crippen LogP contribution in [0.5, 0.6) is 0 Å². The van der Waals surface area contributed by atoms with E-state index in [1.54, 1.807) is 24.3 Å². The third-order valence-electron chi connectivity index (χ3n) is 2.39. The second kappa shape index (κ2) is 5.59. The van der Waals surface area contributed by atoms with E-state index in [4.69, 9.17) is 17.3 Å². The molecule has 2 aromatic carbocycles. The Hall–Kier alpha value is -1.59. The molecule has 0 atom stereocenters. The first kappa shape index (κ1) is 13.8. The van der Waals surface area contributed by atoms with Crippen molar-refractivity contribution in [3.8, 4) is 0 Å². The van der Waals surface area contributed by atoms with E-state index < -0.39 is 5.82 Å². The van der Waals surface area contributed by atoms with Crippen LogP contribution < -0.4 is 11.1 Å². The summed E-state index contributed by atoms with van der Waals surface area (Å²) in [5.41, 5.74) is 6.80. The fraction of sp³-hybridized carbons (Fsp3) is 0. The zero-order valence-electron chi connectivity index (χ0n) is 9.58. The van der Waals surface area contributed by atoms with Gasteiger partial charge in [-0.3, -0.25) is 4.79 Å². The maximum atomic E-state index is 13.1. The molecule has 98 valence electrons. The number of amides is 1. The number of carbonyl (C=O) groups is 1. The Balaban J connectivity index is 2.29. The topological polar surface area (TPSA) is 55.1 Å². The Morgan fingerprint density at radius 2 is 2.05 bits per heavy atom. The van der Waals surface area contributed by atoms with E-state index in [0.717, 1.165) is 6.07 Å². The van der Waals surface area contributed by atoms with E-state index in [2.05, 4.69) is 21.2 Å². The van der Waals surface area contributed by atoms with Crippen molar-refractivity contribution in [2.75, 3.05) is 11.1 Å². The molecule has 1 amide bonds. The predicted octanol–water partition coefficient (Wildman–Crippen LogP) is 4.08. The third kappa shape index (κ3) is 3.24. The average Bonchev–Trinajstić information content (AvgIpc) is 2.33. The van der Waals surface area contributed by atoms with Gasteiger partial charge in [-0.2, -0.15) is 0 Å². The second-order valence-electron chi connectivity index (χ2n) is 3.82. The van der Waals surface area contributed by atoms with Crippen molar-refractivity contribution in [3.05, 3.63) is 57.3 Å². The van der Waals surface area contributed by atoms with Crippen molar-refractivity contribution < 1.29 is 9.18 Å². The number of halogens is 3. The largest absolute Gasteiger partial charge is 0.399 e. The van der Waals surface area contributed by atoms with Gasteiger partial charge in [0.15, 0.2) is 0 Å². The first-order valence-corrected chi connectivity index (χ1v) is 6.46. The van der Waals surface area contributed by atoms with Crippen molar-refractivity contribution in [3.63, 3.8) is 0 Å². The number of anilines is 2. The smallest absolute Gasteiger partial charge is 0.255 e. The Labute approximate surface area is 122 Å². The lowest BCUT2D eigenvalue weighted by Crippen LogP contribution is -2.13. The second-order valence-corrected chi connectivity index (χ2v) is 5.09. The molecule has 0 fully saturated rings. The van der Waals surface area contributed by atoms with Crippen LogP contribution in [0.2, 0.25) is 5.02 Å². The zero-order valence-corrected chi connectivity index (χ0v) is 11.9. The molecular weight excluding hydrogens is 335 g/mol. The summed E-state index contributed by atoms with van der Waals surface area (Å²) in [4.78, 5) is 12.0. The standard InChI is InChI=1S/C13H9BrClFN2O/c14-10-5-8(16)6-11(15)12(10)18-13(19)7-2-1-3-9(17)4-7/h1-6H,17H2,(H,18,19). The molecule has 0 saturated heterocycles. The molecule has 6 heteroatoms. The first-order chi connectivity index (χ1) is 8.97. The van der Waals surface area contributed by atoms with Gasteiger partial charge in [-0.15, -0.1) is 0 Å². The fourth-order valence-electron chi connectivity index (χ4n) is 1.53. The van der Waals surface area contributed by atoms with Gasteiger partial charge >= 0.3 is 0 Å². The molecule has 3 nitrogen and oxygen atoms in total. The minimum Gasteiger partial charge on any atom is -0.399 e. The highest BCUT2D eigenvalue weighted by molar-refractivity contribution is 9.10. The molecule has 0 spiro atoms. The number of benzene rings is 2. The highest BCUT2D eigenvalue weighted by atomic mass is 79.9. The summed E-state index contributed by atoms with van der Waals surface area (Å²) in [5, 5.41) is 2.72. The third-order valence-corrected chi connectivity index (χ3v) is 3.32. The van der Waals surface area contributed by atoms with Gasteiger partial charge in [-0.25, -0.2) is 4.39 Å². The van der Waals surface area contributed by atoms with Crippen LogP contribution in [0.1, 0.15) is 10.4 Å². The predicted molar refractivity (Wildman–Crippen MR) is 77.9 cm³/mol. The van der Waals surface area contributed by atoms with Gasteiger partial charge in [0.25, 0.3) is 5.91 Å². The number of hydrogen-bond acceptors (Lipinski definition) is 2. The Morgan fingerprint density at radius 3 is 2.68 bits per heavy atom. The molecule has 2 aromatic rings. The Kier molecular flexibility index (Phi) is 4.07. The molecule has 0 saturated carbocycles. The molecule has 0 unspecified atom stereocenters. The number of nitrogens with two attached hydrogens (primary N) is 1. The molecule has 3 N–H and O–H groups in total. The summed E-state index contributed by atoms with van der Waals surface area (Å²) in [6.07, 6.45) is 0. The molecule has 0 radical (unpaired) electrons. The molecule has 0 aliphatic carbocycles. The lowest BCUT2D eigenvalue weighted by molar-refractivity contribution is 0.102. The summed E-state index contributed by atoms with van der Waals surface area (Å²) in [5.74, 6) is -0.861. The molecule has 19 heavy (non-hydrogen) atoms. The van der Waals surface area contributed by atoms with Gasteiger partial charge < -0.3 is 11.1 Å². The van der Waals surface area contributed by atoms with Crippen LogP contribution >= 0.6 is 27.5 Å². The normalized spacial score (nSPS) is 10.3. The summed E-state index contributed by atoms with van der Waals surface area (Å²) < 4.78 is 13.4. The first-order valence-electron chi connectivity index (χ1n) is 5.29. The molecule has 0 aromatic heterocycles. The van der Waals surface area contributed by atoms with Crippen molar-refractivity contribution in [1.82, 2.24) is 0 Å². The van der Waals surface area contributed by atoms with Gasteiger partial charge in [0, 0.05) is 15.7 Å². The molecule has 0 bridgehead atoms. The van der Waals surface area contributed by atoms with Crippen LogP contribution in [0.25, 0.3) is 0 Å². The van der Waals surface area contributed by atoms with Gasteiger partial charge in [-0.05, 0) is 46.3 Å². The van der Waals surface area contributed by atoms with Gasteiger partial charge in [-0.1, -0.05) is 17.7 Å². The van der Waals surface area contributed by atoms with E-state index in [0.29, 0.717) is 21.4 Å². The molecule has 0 aliphatic rings. The minimum absolute atomic E-state index is 0.115. The lowest BCUT2D eigenvalue weighted by atomic mass is 10.2. The van der Waals surface area contributed by atoms with Gasteiger partial charge in [0.1, 0.15) is 5.82 Å².